The van der Waals surface area contributed by atoms with Crippen LogP contribution in [0, 0.1) is 46.3 Å². The summed E-state index contributed by atoms with van der Waals surface area (Å²) in [6, 6.07) is 0. The van der Waals surface area contributed by atoms with Gasteiger partial charge >= 0.3 is 0 Å². The number of allylic oxidation sites excluding steroid dienone is 2. The van der Waals surface area contributed by atoms with Crippen LogP contribution in [0.2, 0.25) is 0 Å². The van der Waals surface area contributed by atoms with Gasteiger partial charge in [-0.15, -0.1) is 0 Å². The Kier molecular flexibility index (Phi) is 7.61. The number of thioether (sulfide) groups is 1. The molecule has 4 aliphatic rings. The van der Waals surface area contributed by atoms with Gasteiger partial charge in [-0.1, -0.05) is 84.2 Å². The van der Waals surface area contributed by atoms with E-state index in [0.29, 0.717) is 27.6 Å². The maximum atomic E-state index is 12.0. The van der Waals surface area contributed by atoms with Crippen LogP contribution in [0.4, 0.5) is 0 Å². The standard InChI is InChI=1S/C30H50OS/c1-7-28(31)32-23-15-17-29(5)22(19-23)11-12-24-26-14-13-25(21(4)10-8-9-20(2)3)30(26,6)18-16-27(24)29/h11,20-21,23-27H,7-10,12-19H2,1-6H3. The second-order valence-corrected chi connectivity index (χ2v) is 14.4. The Morgan fingerprint density at radius 3 is 2.56 bits per heavy atom. The smallest absolute Gasteiger partial charge is 0.188 e. The number of carbonyl (C=O) groups is 1. The maximum Gasteiger partial charge on any atom is 0.188 e. The highest BCUT2D eigenvalue weighted by Gasteiger charge is 2.59. The van der Waals surface area contributed by atoms with Crippen LogP contribution >= 0.6 is 11.8 Å². The third-order valence-corrected chi connectivity index (χ3v) is 12.1. The van der Waals surface area contributed by atoms with E-state index in [2.05, 4.69) is 40.7 Å². The molecule has 0 aromatic carbocycles. The summed E-state index contributed by atoms with van der Waals surface area (Å²) in [4.78, 5) is 12.0. The Morgan fingerprint density at radius 2 is 1.84 bits per heavy atom. The zero-order chi connectivity index (χ0) is 23.1. The van der Waals surface area contributed by atoms with Crippen molar-refractivity contribution in [3.8, 4) is 0 Å². The first-order chi connectivity index (χ1) is 15.2. The molecule has 182 valence electrons. The normalized spacial score (nSPS) is 42.1. The molecule has 32 heavy (non-hydrogen) atoms. The Hall–Kier alpha value is -0.240. The summed E-state index contributed by atoms with van der Waals surface area (Å²) in [5, 5.41) is 0.926. The second kappa shape index (κ2) is 9.79. The molecule has 0 N–H and O–H groups in total. The van der Waals surface area contributed by atoms with E-state index in [0.717, 1.165) is 35.5 Å². The fourth-order valence-electron chi connectivity index (χ4n) is 9.02. The summed E-state index contributed by atoms with van der Waals surface area (Å²) in [6.07, 6.45) is 18.6. The third kappa shape index (κ3) is 4.52. The lowest BCUT2D eigenvalue weighted by atomic mass is 9.47. The minimum atomic E-state index is 0.390. The van der Waals surface area contributed by atoms with Crippen molar-refractivity contribution < 1.29 is 4.79 Å². The first-order valence-corrected chi connectivity index (χ1v) is 15.0. The average Bonchev–Trinajstić information content (AvgIpc) is 3.11. The Labute approximate surface area is 203 Å². The molecule has 0 heterocycles. The lowest BCUT2D eigenvalue weighted by Crippen LogP contribution is -2.50. The Morgan fingerprint density at radius 1 is 1.06 bits per heavy atom. The molecule has 8 unspecified atom stereocenters. The van der Waals surface area contributed by atoms with Crippen LogP contribution in [0.5, 0.6) is 0 Å². The second-order valence-electron chi connectivity index (χ2n) is 13.0. The van der Waals surface area contributed by atoms with E-state index in [9.17, 15) is 4.79 Å². The molecule has 0 aromatic heterocycles. The molecule has 1 nitrogen and oxygen atoms in total. The van der Waals surface area contributed by atoms with Gasteiger partial charge in [0.2, 0.25) is 0 Å². The molecule has 0 amide bonds. The third-order valence-electron chi connectivity index (χ3n) is 10.8. The van der Waals surface area contributed by atoms with Crippen LogP contribution in [-0.4, -0.2) is 10.4 Å². The van der Waals surface area contributed by atoms with Crippen molar-refractivity contribution in [3.05, 3.63) is 11.6 Å². The molecule has 0 spiro atoms. The number of hydrogen-bond donors (Lipinski definition) is 0. The SMILES string of the molecule is CCC(=O)SC1CCC2(C)C(=CCC3C2CCC2(C)C(C(C)CCCC(C)C)CCC32)C1. The molecule has 0 radical (unpaired) electrons. The lowest BCUT2D eigenvalue weighted by Gasteiger charge is -2.58. The van der Waals surface area contributed by atoms with Crippen LogP contribution in [0.3, 0.4) is 0 Å². The first kappa shape index (κ1) is 24.9. The molecule has 3 saturated carbocycles. The molecular weight excluding hydrogens is 408 g/mol. The van der Waals surface area contributed by atoms with Crippen molar-refractivity contribution >= 4 is 16.9 Å². The summed E-state index contributed by atoms with van der Waals surface area (Å²) in [7, 11) is 0. The largest absolute Gasteiger partial charge is 0.287 e. The van der Waals surface area contributed by atoms with Crippen LogP contribution in [-0.2, 0) is 4.79 Å². The van der Waals surface area contributed by atoms with Gasteiger partial charge in [0, 0.05) is 11.7 Å². The molecule has 0 aliphatic heterocycles. The Balaban J connectivity index is 1.45. The minimum Gasteiger partial charge on any atom is -0.287 e. The summed E-state index contributed by atoms with van der Waals surface area (Å²) in [5.41, 5.74) is 2.73. The molecule has 2 heteroatoms. The molecule has 3 fully saturated rings. The molecular formula is C30H50OS. The van der Waals surface area contributed by atoms with Crippen LogP contribution < -0.4 is 0 Å². The van der Waals surface area contributed by atoms with Gasteiger partial charge in [-0.2, -0.15) is 0 Å². The highest BCUT2D eigenvalue weighted by Crippen LogP contribution is 2.67. The van der Waals surface area contributed by atoms with E-state index in [-0.39, 0.29) is 0 Å². The lowest BCUT2D eigenvalue weighted by molar-refractivity contribution is -0.110. The zero-order valence-corrected chi connectivity index (χ0v) is 22.7. The van der Waals surface area contributed by atoms with Crippen LogP contribution in [0.15, 0.2) is 11.6 Å². The fraction of sp³-hybridized carbons (Fsp3) is 0.900. The van der Waals surface area contributed by atoms with Crippen LogP contribution in [0.1, 0.15) is 119 Å². The van der Waals surface area contributed by atoms with Crippen molar-refractivity contribution in [1.29, 1.82) is 0 Å². The van der Waals surface area contributed by atoms with E-state index >= 15 is 0 Å². The molecule has 0 saturated heterocycles. The molecule has 0 aromatic rings. The minimum absolute atomic E-state index is 0.390. The number of carbonyl (C=O) groups excluding carboxylic acids is 1. The van der Waals surface area contributed by atoms with Gasteiger partial charge in [0.1, 0.15) is 0 Å². The van der Waals surface area contributed by atoms with Gasteiger partial charge in [0.15, 0.2) is 5.12 Å². The van der Waals surface area contributed by atoms with E-state index in [4.69, 9.17) is 0 Å². The quantitative estimate of drug-likeness (QED) is 0.354. The van der Waals surface area contributed by atoms with Gasteiger partial charge in [-0.3, -0.25) is 4.79 Å². The molecule has 4 rings (SSSR count). The predicted octanol–water partition coefficient (Wildman–Crippen LogP) is 9.07. The topological polar surface area (TPSA) is 17.1 Å². The van der Waals surface area contributed by atoms with E-state index in [1.807, 2.05) is 6.92 Å². The first-order valence-electron chi connectivity index (χ1n) is 14.1. The summed E-state index contributed by atoms with van der Waals surface area (Å²) < 4.78 is 0. The maximum absolute atomic E-state index is 12.0. The summed E-state index contributed by atoms with van der Waals surface area (Å²) >= 11 is 1.65. The van der Waals surface area contributed by atoms with Crippen molar-refractivity contribution in [3.63, 3.8) is 0 Å². The number of fused-ring (bicyclic) bond motifs is 5. The number of rotatable bonds is 7. The average molecular weight is 459 g/mol. The van der Waals surface area contributed by atoms with Crippen molar-refractivity contribution in [2.75, 3.05) is 0 Å². The van der Waals surface area contributed by atoms with Crippen molar-refractivity contribution in [2.24, 2.45) is 46.3 Å². The highest BCUT2D eigenvalue weighted by atomic mass is 32.2. The molecule has 0 bridgehead atoms. The Bertz CT molecular complexity index is 710. The van der Waals surface area contributed by atoms with Gasteiger partial charge in [0.05, 0.1) is 0 Å². The van der Waals surface area contributed by atoms with Gasteiger partial charge in [-0.05, 0) is 97.7 Å². The molecule has 4 aliphatic carbocycles. The van der Waals surface area contributed by atoms with Crippen LogP contribution in [0.25, 0.3) is 0 Å². The van der Waals surface area contributed by atoms with E-state index in [1.54, 1.807) is 17.3 Å². The van der Waals surface area contributed by atoms with E-state index in [1.165, 1.54) is 70.6 Å². The molecule has 8 atom stereocenters. The zero-order valence-electron chi connectivity index (χ0n) is 21.9. The van der Waals surface area contributed by atoms with Gasteiger partial charge in [-0.25, -0.2) is 0 Å². The summed E-state index contributed by atoms with van der Waals surface area (Å²) in [6.45, 7) is 14.7. The van der Waals surface area contributed by atoms with Crippen molar-refractivity contribution in [1.82, 2.24) is 0 Å². The van der Waals surface area contributed by atoms with E-state index < -0.39 is 0 Å². The fourth-order valence-corrected chi connectivity index (χ4v) is 10.1. The number of hydrogen-bond acceptors (Lipinski definition) is 2. The predicted molar refractivity (Wildman–Crippen MR) is 140 cm³/mol. The van der Waals surface area contributed by atoms with Gasteiger partial charge in [0.25, 0.3) is 0 Å². The van der Waals surface area contributed by atoms with Gasteiger partial charge < -0.3 is 0 Å². The highest BCUT2D eigenvalue weighted by molar-refractivity contribution is 8.14. The monoisotopic (exact) mass is 458 g/mol. The van der Waals surface area contributed by atoms with Crippen molar-refractivity contribution in [2.45, 2.75) is 124 Å². The summed E-state index contributed by atoms with van der Waals surface area (Å²) in [5.74, 6) is 5.45.